The molecule has 2 heterocycles. The van der Waals surface area contributed by atoms with Crippen molar-refractivity contribution in [2.45, 2.75) is 6.42 Å². The van der Waals surface area contributed by atoms with Gasteiger partial charge in [0.2, 0.25) is 5.91 Å². The Morgan fingerprint density at radius 3 is 3.07 bits per heavy atom. The molecule has 1 aliphatic heterocycles. The van der Waals surface area contributed by atoms with Gasteiger partial charge in [-0.2, -0.15) is 5.21 Å². The standard InChI is InChI=1S/C7H9N5O3/c1-15-6(14)4-2-5(13)12(3-4)7-8-10-11-9-7/h4H,2-3H2,1H3,(H,8,9,10,11). The molecule has 0 radical (unpaired) electrons. The number of carbonyl (C=O) groups is 2. The molecule has 8 heteroatoms. The Kier molecular flexibility index (Phi) is 2.32. The van der Waals surface area contributed by atoms with Crippen LogP contribution in [-0.4, -0.2) is 46.2 Å². The molecule has 1 unspecified atom stereocenters. The molecule has 0 aliphatic carbocycles. The molecule has 15 heavy (non-hydrogen) atoms. The fraction of sp³-hybridized carbons (Fsp3) is 0.571. The van der Waals surface area contributed by atoms with E-state index in [1.807, 2.05) is 0 Å². The number of rotatable bonds is 2. The van der Waals surface area contributed by atoms with Crippen molar-refractivity contribution in [3.63, 3.8) is 0 Å². The summed E-state index contributed by atoms with van der Waals surface area (Å²) in [4.78, 5) is 24.0. The normalized spacial score (nSPS) is 20.7. The molecule has 1 fully saturated rings. The van der Waals surface area contributed by atoms with Crippen LogP contribution >= 0.6 is 0 Å². The number of esters is 1. The first-order valence-corrected chi connectivity index (χ1v) is 4.34. The number of aromatic nitrogens is 4. The number of amides is 1. The third-order valence-corrected chi connectivity index (χ3v) is 2.24. The van der Waals surface area contributed by atoms with Gasteiger partial charge in [-0.15, -0.1) is 5.10 Å². The minimum Gasteiger partial charge on any atom is -0.469 e. The summed E-state index contributed by atoms with van der Waals surface area (Å²) in [7, 11) is 1.30. The summed E-state index contributed by atoms with van der Waals surface area (Å²) in [6, 6.07) is 0. The van der Waals surface area contributed by atoms with E-state index in [9.17, 15) is 9.59 Å². The number of carbonyl (C=O) groups excluding carboxylic acids is 2. The predicted octanol–water partition coefficient (Wildman–Crippen LogP) is -1.27. The van der Waals surface area contributed by atoms with Gasteiger partial charge in [-0.05, 0) is 5.21 Å². The number of anilines is 1. The first-order valence-electron chi connectivity index (χ1n) is 4.34. The maximum atomic E-state index is 11.5. The molecule has 1 aromatic heterocycles. The van der Waals surface area contributed by atoms with Crippen LogP contribution in [0.15, 0.2) is 0 Å². The van der Waals surface area contributed by atoms with Crippen molar-refractivity contribution in [2.75, 3.05) is 18.6 Å². The lowest BCUT2D eigenvalue weighted by molar-refractivity contribution is -0.145. The second-order valence-corrected chi connectivity index (χ2v) is 3.14. The maximum Gasteiger partial charge on any atom is 0.311 e. The average molecular weight is 211 g/mol. The van der Waals surface area contributed by atoms with Crippen LogP contribution in [0.2, 0.25) is 0 Å². The van der Waals surface area contributed by atoms with Crippen molar-refractivity contribution in [3.05, 3.63) is 0 Å². The van der Waals surface area contributed by atoms with Crippen LogP contribution in [0.25, 0.3) is 0 Å². The number of ether oxygens (including phenoxy) is 1. The van der Waals surface area contributed by atoms with Crippen LogP contribution in [0.4, 0.5) is 5.95 Å². The molecular weight excluding hydrogens is 202 g/mol. The van der Waals surface area contributed by atoms with E-state index >= 15 is 0 Å². The molecule has 1 N–H and O–H groups in total. The zero-order valence-electron chi connectivity index (χ0n) is 8.01. The quantitative estimate of drug-likeness (QED) is 0.612. The second kappa shape index (κ2) is 3.64. The van der Waals surface area contributed by atoms with Crippen molar-refractivity contribution in [1.29, 1.82) is 0 Å². The molecule has 0 spiro atoms. The van der Waals surface area contributed by atoms with E-state index in [1.165, 1.54) is 12.0 Å². The number of tetrazole rings is 1. The van der Waals surface area contributed by atoms with Crippen LogP contribution < -0.4 is 4.90 Å². The predicted molar refractivity (Wildman–Crippen MR) is 46.7 cm³/mol. The lowest BCUT2D eigenvalue weighted by atomic mass is 10.1. The largest absolute Gasteiger partial charge is 0.469 e. The minimum atomic E-state index is -0.444. The molecule has 2 rings (SSSR count). The van der Waals surface area contributed by atoms with E-state index < -0.39 is 11.9 Å². The Hall–Kier alpha value is -1.99. The summed E-state index contributed by atoms with van der Waals surface area (Å²) < 4.78 is 4.57. The van der Waals surface area contributed by atoms with Gasteiger partial charge in [0, 0.05) is 13.0 Å². The van der Waals surface area contributed by atoms with Gasteiger partial charge in [0.1, 0.15) is 0 Å². The Morgan fingerprint density at radius 2 is 2.47 bits per heavy atom. The van der Waals surface area contributed by atoms with E-state index in [-0.39, 0.29) is 24.8 Å². The van der Waals surface area contributed by atoms with Gasteiger partial charge in [-0.3, -0.25) is 14.5 Å². The average Bonchev–Trinajstić information content (AvgIpc) is 2.84. The van der Waals surface area contributed by atoms with Crippen LogP contribution in [0, 0.1) is 5.92 Å². The summed E-state index contributed by atoms with van der Waals surface area (Å²) in [6.07, 6.45) is 0.126. The SMILES string of the molecule is COC(=O)C1CC(=O)N(c2nn[nH]n2)C1. The highest BCUT2D eigenvalue weighted by atomic mass is 16.5. The van der Waals surface area contributed by atoms with Crippen LogP contribution in [0.1, 0.15) is 6.42 Å². The van der Waals surface area contributed by atoms with Gasteiger partial charge in [0.25, 0.3) is 5.95 Å². The summed E-state index contributed by atoms with van der Waals surface area (Å²) in [5, 5.41) is 12.9. The lowest BCUT2D eigenvalue weighted by Gasteiger charge is -2.09. The first-order chi connectivity index (χ1) is 7.22. The second-order valence-electron chi connectivity index (χ2n) is 3.14. The Balaban J connectivity index is 2.11. The molecule has 80 valence electrons. The highest BCUT2D eigenvalue weighted by Gasteiger charge is 2.37. The first kappa shape index (κ1) is 9.56. The zero-order chi connectivity index (χ0) is 10.8. The van der Waals surface area contributed by atoms with Crippen molar-refractivity contribution in [3.8, 4) is 0 Å². The smallest absolute Gasteiger partial charge is 0.311 e. The zero-order valence-corrected chi connectivity index (χ0v) is 8.01. The minimum absolute atomic E-state index is 0.126. The van der Waals surface area contributed by atoms with E-state index in [1.54, 1.807) is 0 Å². The van der Waals surface area contributed by atoms with Crippen molar-refractivity contribution >= 4 is 17.8 Å². The van der Waals surface area contributed by atoms with Gasteiger partial charge in [-0.1, -0.05) is 5.10 Å². The summed E-state index contributed by atoms with van der Waals surface area (Å²) in [6.45, 7) is 0.241. The lowest BCUT2D eigenvalue weighted by Crippen LogP contribution is -2.27. The molecule has 0 saturated carbocycles. The van der Waals surface area contributed by atoms with E-state index in [2.05, 4.69) is 25.4 Å². The van der Waals surface area contributed by atoms with Crippen LogP contribution in [-0.2, 0) is 14.3 Å². The third-order valence-electron chi connectivity index (χ3n) is 2.24. The monoisotopic (exact) mass is 211 g/mol. The summed E-state index contributed by atoms with van der Waals surface area (Å²) in [5.41, 5.74) is 0. The Bertz CT molecular complexity index is 376. The molecule has 0 aromatic carbocycles. The van der Waals surface area contributed by atoms with Gasteiger partial charge in [-0.25, -0.2) is 0 Å². The number of H-pyrrole nitrogens is 1. The number of hydrogen-bond acceptors (Lipinski definition) is 6. The van der Waals surface area contributed by atoms with Crippen LogP contribution in [0.3, 0.4) is 0 Å². The van der Waals surface area contributed by atoms with E-state index in [0.29, 0.717) is 0 Å². The van der Waals surface area contributed by atoms with E-state index in [0.717, 1.165) is 0 Å². The Labute approximate surface area is 84.6 Å². The third kappa shape index (κ3) is 1.65. The fourth-order valence-electron chi connectivity index (χ4n) is 1.50. The molecule has 1 saturated heterocycles. The molecule has 1 atom stereocenters. The number of nitrogens with one attached hydrogen (secondary N) is 1. The molecule has 0 bridgehead atoms. The Morgan fingerprint density at radius 1 is 1.67 bits per heavy atom. The number of nitrogens with zero attached hydrogens (tertiary/aromatic N) is 4. The molecule has 1 aromatic rings. The number of hydrogen-bond donors (Lipinski definition) is 1. The highest BCUT2D eigenvalue weighted by molar-refractivity contribution is 5.98. The highest BCUT2D eigenvalue weighted by Crippen LogP contribution is 2.21. The summed E-state index contributed by atoms with van der Waals surface area (Å²) in [5.74, 6) is -0.853. The molecule has 1 aliphatic rings. The van der Waals surface area contributed by atoms with Crippen molar-refractivity contribution < 1.29 is 14.3 Å². The van der Waals surface area contributed by atoms with Gasteiger partial charge >= 0.3 is 5.97 Å². The van der Waals surface area contributed by atoms with Crippen molar-refractivity contribution in [1.82, 2.24) is 20.6 Å². The van der Waals surface area contributed by atoms with Gasteiger partial charge in [0.15, 0.2) is 0 Å². The molecule has 1 amide bonds. The molecule has 8 nitrogen and oxygen atoms in total. The summed E-state index contributed by atoms with van der Waals surface area (Å²) >= 11 is 0. The number of aromatic amines is 1. The topological polar surface area (TPSA) is 101 Å². The van der Waals surface area contributed by atoms with Gasteiger partial charge in [0.05, 0.1) is 13.0 Å². The molecular formula is C7H9N5O3. The fourth-order valence-corrected chi connectivity index (χ4v) is 1.50. The van der Waals surface area contributed by atoms with Gasteiger partial charge < -0.3 is 4.74 Å². The van der Waals surface area contributed by atoms with Crippen molar-refractivity contribution in [2.24, 2.45) is 5.92 Å². The maximum absolute atomic E-state index is 11.5. The van der Waals surface area contributed by atoms with Crippen LogP contribution in [0.5, 0.6) is 0 Å². The number of methoxy groups -OCH3 is 1. The van der Waals surface area contributed by atoms with E-state index in [4.69, 9.17) is 0 Å².